The lowest BCUT2D eigenvalue weighted by atomic mass is 10.1. The molecule has 1 aliphatic heterocycles. The van der Waals surface area contributed by atoms with Gasteiger partial charge in [0.1, 0.15) is 18.2 Å². The first-order valence-corrected chi connectivity index (χ1v) is 5.28. The van der Waals surface area contributed by atoms with Crippen LogP contribution >= 0.6 is 0 Å². The maximum Gasteiger partial charge on any atom is 0.356 e. The highest BCUT2D eigenvalue weighted by molar-refractivity contribution is 5.94. The number of fused-ring (bicyclic) bond motifs is 2. The van der Waals surface area contributed by atoms with Gasteiger partial charge in [0.15, 0.2) is 11.5 Å². The average molecular weight is 243 g/mol. The first kappa shape index (κ1) is 10.6. The van der Waals surface area contributed by atoms with Crippen LogP contribution in [0.1, 0.15) is 10.5 Å². The Morgan fingerprint density at radius 3 is 2.44 bits per heavy atom. The molecule has 0 spiro atoms. The maximum atomic E-state index is 11.4. The molecule has 0 bridgehead atoms. The standard InChI is InChI=1S/C13H9NO4/c1-16-13(15)10-4-8-5-11-12(18-3-2-17-11)6-9(8)7-14-10/h2-7H,1H3. The quantitative estimate of drug-likeness (QED) is 0.719. The zero-order chi connectivity index (χ0) is 12.5. The van der Waals surface area contributed by atoms with Crippen molar-refractivity contribution in [2.24, 2.45) is 0 Å². The van der Waals surface area contributed by atoms with E-state index in [1.165, 1.54) is 19.6 Å². The smallest absolute Gasteiger partial charge is 0.356 e. The molecule has 3 rings (SSSR count). The van der Waals surface area contributed by atoms with Gasteiger partial charge in [0.25, 0.3) is 0 Å². The Balaban J connectivity index is 2.14. The first-order valence-electron chi connectivity index (χ1n) is 5.28. The minimum atomic E-state index is -0.466. The Kier molecular flexibility index (Phi) is 2.37. The Bertz CT molecular complexity index is 663. The summed E-state index contributed by atoms with van der Waals surface area (Å²) in [6, 6.07) is 5.26. The number of hydrogen-bond acceptors (Lipinski definition) is 5. The van der Waals surface area contributed by atoms with Crippen molar-refractivity contribution < 1.29 is 19.0 Å². The summed E-state index contributed by atoms with van der Waals surface area (Å²) in [6.45, 7) is 0. The van der Waals surface area contributed by atoms with E-state index in [0.29, 0.717) is 11.5 Å². The van der Waals surface area contributed by atoms with Gasteiger partial charge >= 0.3 is 5.97 Å². The summed E-state index contributed by atoms with van der Waals surface area (Å²) in [7, 11) is 1.32. The van der Waals surface area contributed by atoms with E-state index in [9.17, 15) is 4.79 Å². The molecule has 0 amide bonds. The summed E-state index contributed by atoms with van der Waals surface area (Å²) in [5, 5.41) is 1.70. The second-order valence-corrected chi connectivity index (χ2v) is 3.72. The molecule has 5 nitrogen and oxygen atoms in total. The van der Waals surface area contributed by atoms with Gasteiger partial charge in [-0.3, -0.25) is 0 Å². The third-order valence-corrected chi connectivity index (χ3v) is 2.62. The fourth-order valence-corrected chi connectivity index (χ4v) is 1.75. The van der Waals surface area contributed by atoms with Crippen LogP contribution in [0.5, 0.6) is 11.5 Å². The molecule has 0 saturated heterocycles. The van der Waals surface area contributed by atoms with Gasteiger partial charge in [-0.05, 0) is 23.6 Å². The summed E-state index contributed by atoms with van der Waals surface area (Å²) in [6.07, 6.45) is 4.52. The Morgan fingerprint density at radius 2 is 1.78 bits per heavy atom. The van der Waals surface area contributed by atoms with Crippen molar-refractivity contribution in [1.82, 2.24) is 4.98 Å². The number of rotatable bonds is 1. The highest BCUT2D eigenvalue weighted by Gasteiger charge is 2.13. The number of carbonyl (C=O) groups excluding carboxylic acids is 1. The molecule has 1 aromatic carbocycles. The summed E-state index contributed by atoms with van der Waals surface area (Å²) < 4.78 is 15.3. The molecule has 90 valence electrons. The molecule has 0 aliphatic carbocycles. The second-order valence-electron chi connectivity index (χ2n) is 3.72. The third-order valence-electron chi connectivity index (χ3n) is 2.62. The number of nitrogens with zero attached hydrogens (tertiary/aromatic N) is 1. The van der Waals surface area contributed by atoms with Gasteiger partial charge in [0.2, 0.25) is 0 Å². The van der Waals surface area contributed by atoms with Crippen LogP contribution in [0.4, 0.5) is 0 Å². The summed E-state index contributed by atoms with van der Waals surface area (Å²) >= 11 is 0. The minimum Gasteiger partial charge on any atom is -0.464 e. The Morgan fingerprint density at radius 1 is 1.11 bits per heavy atom. The van der Waals surface area contributed by atoms with Crippen LogP contribution < -0.4 is 9.47 Å². The molecule has 1 aliphatic rings. The largest absolute Gasteiger partial charge is 0.464 e. The van der Waals surface area contributed by atoms with Gasteiger partial charge in [-0.1, -0.05) is 0 Å². The number of methoxy groups -OCH3 is 1. The molecule has 0 fully saturated rings. The highest BCUT2D eigenvalue weighted by Crippen LogP contribution is 2.34. The molecular formula is C13H9NO4. The Hall–Kier alpha value is -2.56. The molecule has 0 radical (unpaired) electrons. The third kappa shape index (κ3) is 1.66. The number of carbonyl (C=O) groups is 1. The van der Waals surface area contributed by atoms with Crippen LogP contribution in [-0.4, -0.2) is 18.1 Å². The number of pyridine rings is 1. The lowest BCUT2D eigenvalue weighted by Crippen LogP contribution is -2.04. The lowest BCUT2D eigenvalue weighted by molar-refractivity contribution is 0.0594. The van der Waals surface area contributed by atoms with Crippen LogP contribution in [0.25, 0.3) is 10.8 Å². The normalized spacial score (nSPS) is 12.5. The van der Waals surface area contributed by atoms with E-state index >= 15 is 0 Å². The molecule has 2 heterocycles. The molecule has 0 saturated carbocycles. The second kappa shape index (κ2) is 4.03. The van der Waals surface area contributed by atoms with Crippen molar-refractivity contribution in [1.29, 1.82) is 0 Å². The molecule has 0 atom stereocenters. The zero-order valence-corrected chi connectivity index (χ0v) is 9.54. The van der Waals surface area contributed by atoms with Gasteiger partial charge in [-0.2, -0.15) is 0 Å². The van der Waals surface area contributed by atoms with Crippen LogP contribution in [-0.2, 0) is 4.74 Å². The van der Waals surface area contributed by atoms with Gasteiger partial charge < -0.3 is 14.2 Å². The summed E-state index contributed by atoms with van der Waals surface area (Å²) in [5.41, 5.74) is 0.261. The van der Waals surface area contributed by atoms with Gasteiger partial charge in [-0.25, -0.2) is 9.78 Å². The number of benzene rings is 1. The number of hydrogen-bond donors (Lipinski definition) is 0. The van der Waals surface area contributed by atoms with E-state index in [-0.39, 0.29) is 5.69 Å². The van der Waals surface area contributed by atoms with Crippen molar-refractivity contribution in [3.8, 4) is 11.5 Å². The molecule has 0 unspecified atom stereocenters. The number of ether oxygens (including phenoxy) is 3. The maximum absolute atomic E-state index is 11.4. The SMILES string of the molecule is COC(=O)c1cc2cc3c(cc2cn1)OC=CO3. The number of esters is 1. The zero-order valence-electron chi connectivity index (χ0n) is 9.54. The van der Waals surface area contributed by atoms with Gasteiger partial charge in [0.05, 0.1) is 7.11 Å². The van der Waals surface area contributed by atoms with E-state index in [0.717, 1.165) is 10.8 Å². The van der Waals surface area contributed by atoms with E-state index < -0.39 is 5.97 Å². The molecular weight excluding hydrogens is 234 g/mol. The van der Waals surface area contributed by atoms with Crippen LogP contribution in [0.15, 0.2) is 36.9 Å². The first-order chi connectivity index (χ1) is 8.78. The monoisotopic (exact) mass is 243 g/mol. The lowest BCUT2D eigenvalue weighted by Gasteiger charge is -2.13. The number of aromatic nitrogens is 1. The van der Waals surface area contributed by atoms with E-state index in [1.54, 1.807) is 18.3 Å². The molecule has 2 aromatic rings. The molecule has 1 aromatic heterocycles. The van der Waals surface area contributed by atoms with E-state index in [1.807, 2.05) is 6.07 Å². The van der Waals surface area contributed by atoms with Crippen molar-refractivity contribution >= 4 is 16.7 Å². The minimum absolute atomic E-state index is 0.261. The van der Waals surface area contributed by atoms with Gasteiger partial charge in [-0.15, -0.1) is 0 Å². The fraction of sp³-hybridized carbons (Fsp3) is 0.0769. The van der Waals surface area contributed by atoms with Gasteiger partial charge in [0, 0.05) is 11.6 Å². The molecule has 5 heteroatoms. The predicted molar refractivity (Wildman–Crippen MR) is 63.5 cm³/mol. The Labute approximate surface area is 103 Å². The average Bonchev–Trinajstić information content (AvgIpc) is 2.43. The van der Waals surface area contributed by atoms with E-state index in [4.69, 9.17) is 9.47 Å². The van der Waals surface area contributed by atoms with Crippen molar-refractivity contribution in [2.75, 3.05) is 7.11 Å². The summed E-state index contributed by atoms with van der Waals surface area (Å²) in [5.74, 6) is 0.760. The fourth-order valence-electron chi connectivity index (χ4n) is 1.75. The van der Waals surface area contributed by atoms with Crippen LogP contribution in [0.2, 0.25) is 0 Å². The molecule has 18 heavy (non-hydrogen) atoms. The van der Waals surface area contributed by atoms with Crippen LogP contribution in [0.3, 0.4) is 0 Å². The predicted octanol–water partition coefficient (Wildman–Crippen LogP) is 2.26. The van der Waals surface area contributed by atoms with Crippen molar-refractivity contribution in [3.63, 3.8) is 0 Å². The molecule has 0 N–H and O–H groups in total. The summed E-state index contributed by atoms with van der Waals surface area (Å²) in [4.78, 5) is 15.4. The van der Waals surface area contributed by atoms with E-state index in [2.05, 4.69) is 9.72 Å². The van der Waals surface area contributed by atoms with Crippen molar-refractivity contribution in [3.05, 3.63) is 42.6 Å². The highest BCUT2D eigenvalue weighted by atomic mass is 16.5. The van der Waals surface area contributed by atoms with Crippen LogP contribution in [0, 0.1) is 0 Å². The van der Waals surface area contributed by atoms with Crippen molar-refractivity contribution in [2.45, 2.75) is 0 Å². The topological polar surface area (TPSA) is 57.7 Å².